The third-order valence-electron chi connectivity index (χ3n) is 6.69. The number of nitrogens with two attached hydrogens (primary N) is 3. The number of aliphatic carboxylic acids is 1. The molecule has 1 fully saturated rings. The van der Waals surface area contributed by atoms with Gasteiger partial charge in [0.2, 0.25) is 0 Å². The fourth-order valence-corrected chi connectivity index (χ4v) is 4.59. The van der Waals surface area contributed by atoms with Crippen molar-refractivity contribution in [3.05, 3.63) is 65.2 Å². The number of hydrazine groups is 1. The molecule has 0 radical (unpaired) electrons. The van der Waals surface area contributed by atoms with Crippen molar-refractivity contribution in [1.29, 1.82) is 5.41 Å². The Morgan fingerprint density at radius 1 is 0.952 bits per heavy atom. The van der Waals surface area contributed by atoms with Crippen LogP contribution >= 0.6 is 0 Å². The summed E-state index contributed by atoms with van der Waals surface area (Å²) in [7, 11) is 0. The Labute approximate surface area is 241 Å². The topological polar surface area (TPSA) is 250 Å². The molecule has 0 unspecified atom stereocenters. The van der Waals surface area contributed by atoms with E-state index in [1.807, 2.05) is 0 Å². The summed E-state index contributed by atoms with van der Waals surface area (Å²) in [6.07, 6.45) is 0.0221. The van der Waals surface area contributed by atoms with Gasteiger partial charge in [0.15, 0.2) is 17.3 Å². The van der Waals surface area contributed by atoms with Crippen molar-refractivity contribution < 1.29 is 29.1 Å². The van der Waals surface area contributed by atoms with Crippen molar-refractivity contribution in [1.82, 2.24) is 20.7 Å². The second-order valence-electron chi connectivity index (χ2n) is 9.56. The standard InChI is InChI=1S/C27H33N9O6/c1-16(37)27(11-2-12-32-23(40)18-7-9-20(10-8-18)33-26(30)31)25(42)35(15-21(38)39)13-14-36(27)34-24(41)19-5-3-17(4-6-19)22(28)29/h3-10H,2,11-15H2,1H3,(H3,28,29)(H,32,40)(H,34,41)(H,38,39)(H4,30,31,33)/t27-/m0/s1. The minimum Gasteiger partial charge on any atom is -0.480 e. The van der Waals surface area contributed by atoms with Gasteiger partial charge in [-0.2, -0.15) is 5.01 Å². The lowest BCUT2D eigenvalue weighted by Gasteiger charge is -2.47. The van der Waals surface area contributed by atoms with Crippen molar-refractivity contribution in [3.63, 3.8) is 0 Å². The number of carboxylic acid groups (broad SMARTS) is 1. The predicted molar refractivity (Wildman–Crippen MR) is 153 cm³/mol. The van der Waals surface area contributed by atoms with Crippen molar-refractivity contribution in [2.75, 3.05) is 26.2 Å². The number of amidine groups is 1. The zero-order chi connectivity index (χ0) is 31.0. The summed E-state index contributed by atoms with van der Waals surface area (Å²) in [5.41, 5.74) is 18.3. The maximum atomic E-state index is 13.6. The third-order valence-corrected chi connectivity index (χ3v) is 6.69. The maximum absolute atomic E-state index is 13.6. The van der Waals surface area contributed by atoms with Crippen LogP contribution < -0.4 is 27.9 Å². The van der Waals surface area contributed by atoms with Gasteiger partial charge in [0.1, 0.15) is 12.4 Å². The highest BCUT2D eigenvalue weighted by Gasteiger charge is 2.53. The number of benzene rings is 2. The van der Waals surface area contributed by atoms with Gasteiger partial charge in [0.05, 0.1) is 5.69 Å². The van der Waals surface area contributed by atoms with Crippen LogP contribution in [-0.4, -0.2) is 88.0 Å². The zero-order valence-corrected chi connectivity index (χ0v) is 22.9. The number of carbonyl (C=O) groups is 5. The number of carboxylic acids is 1. The minimum atomic E-state index is -1.91. The molecule has 0 aromatic heterocycles. The summed E-state index contributed by atoms with van der Waals surface area (Å²) in [6.45, 7) is 0.582. The summed E-state index contributed by atoms with van der Waals surface area (Å²) < 4.78 is 0. The Balaban J connectivity index is 1.77. The summed E-state index contributed by atoms with van der Waals surface area (Å²) in [5.74, 6) is -3.94. The number of piperazine rings is 1. The normalized spacial score (nSPS) is 16.8. The van der Waals surface area contributed by atoms with Crippen LogP contribution in [-0.2, 0) is 14.4 Å². The summed E-state index contributed by atoms with van der Waals surface area (Å²) in [5, 5.41) is 20.8. The monoisotopic (exact) mass is 579 g/mol. The molecule has 15 heteroatoms. The Kier molecular flexibility index (Phi) is 9.93. The molecule has 0 saturated carbocycles. The molecule has 1 aliphatic heterocycles. The van der Waals surface area contributed by atoms with E-state index in [0.29, 0.717) is 16.8 Å². The fourth-order valence-electron chi connectivity index (χ4n) is 4.59. The molecule has 3 amide bonds. The first-order valence-electron chi connectivity index (χ1n) is 12.9. The van der Waals surface area contributed by atoms with Crippen molar-refractivity contribution in [2.45, 2.75) is 25.3 Å². The number of nitrogen functional groups attached to an aromatic ring is 1. The summed E-state index contributed by atoms with van der Waals surface area (Å²) in [6, 6.07) is 12.1. The largest absolute Gasteiger partial charge is 0.480 e. The molecule has 15 nitrogen and oxygen atoms in total. The van der Waals surface area contributed by atoms with Crippen LogP contribution in [0.3, 0.4) is 0 Å². The quantitative estimate of drug-likeness (QED) is 0.0719. The summed E-state index contributed by atoms with van der Waals surface area (Å²) >= 11 is 0. The van der Waals surface area contributed by atoms with Gasteiger partial charge in [-0.1, -0.05) is 12.1 Å². The fraction of sp³-hybridized carbons (Fsp3) is 0.296. The Bertz CT molecular complexity index is 1400. The summed E-state index contributed by atoms with van der Waals surface area (Å²) in [4.78, 5) is 68.8. The molecular formula is C27H33N9O6. The van der Waals surface area contributed by atoms with Gasteiger partial charge in [-0.05, 0) is 56.2 Å². The molecule has 1 atom stereocenters. The highest BCUT2D eigenvalue weighted by Crippen LogP contribution is 2.28. The van der Waals surface area contributed by atoms with E-state index in [-0.39, 0.29) is 49.8 Å². The number of guanidine groups is 1. The van der Waals surface area contributed by atoms with E-state index in [2.05, 4.69) is 15.7 Å². The van der Waals surface area contributed by atoms with Crippen LogP contribution in [0.15, 0.2) is 53.5 Å². The highest BCUT2D eigenvalue weighted by atomic mass is 16.4. The minimum absolute atomic E-state index is 0.0234. The van der Waals surface area contributed by atoms with Crippen LogP contribution in [0.5, 0.6) is 0 Å². The predicted octanol–water partition coefficient (Wildman–Crippen LogP) is -0.713. The van der Waals surface area contributed by atoms with Gasteiger partial charge in [-0.25, -0.2) is 4.99 Å². The van der Waals surface area contributed by atoms with Crippen LogP contribution in [0.4, 0.5) is 5.69 Å². The van der Waals surface area contributed by atoms with Crippen molar-refractivity contribution in [3.8, 4) is 0 Å². The van der Waals surface area contributed by atoms with Gasteiger partial charge in [0, 0.05) is 36.3 Å². The number of nitrogens with one attached hydrogen (secondary N) is 3. The van der Waals surface area contributed by atoms with Crippen LogP contribution in [0, 0.1) is 5.41 Å². The number of Topliss-reactive ketones (excluding diaryl/α,β-unsaturated/α-hetero) is 1. The molecule has 2 aromatic rings. The highest BCUT2D eigenvalue weighted by molar-refractivity contribution is 6.11. The molecule has 2 aromatic carbocycles. The maximum Gasteiger partial charge on any atom is 0.323 e. The molecule has 3 rings (SSSR count). The second kappa shape index (κ2) is 13.4. The first-order chi connectivity index (χ1) is 19.8. The molecule has 222 valence electrons. The van der Waals surface area contributed by atoms with Gasteiger partial charge in [-0.15, -0.1) is 0 Å². The van der Waals surface area contributed by atoms with E-state index < -0.39 is 41.6 Å². The number of nitrogens with zero attached hydrogens (tertiary/aromatic N) is 3. The van der Waals surface area contributed by atoms with E-state index in [4.69, 9.17) is 22.6 Å². The van der Waals surface area contributed by atoms with Gasteiger partial charge in [0.25, 0.3) is 17.7 Å². The lowest BCUT2D eigenvalue weighted by Crippen LogP contribution is -2.73. The number of hydrogen-bond acceptors (Lipinski definition) is 8. The average molecular weight is 580 g/mol. The van der Waals surface area contributed by atoms with Gasteiger partial charge >= 0.3 is 5.97 Å². The molecule has 0 aliphatic carbocycles. The van der Waals surface area contributed by atoms with E-state index in [1.54, 1.807) is 12.1 Å². The molecular weight excluding hydrogens is 546 g/mol. The number of ketones is 1. The molecule has 0 spiro atoms. The number of amides is 3. The molecule has 42 heavy (non-hydrogen) atoms. The Morgan fingerprint density at radius 3 is 2.07 bits per heavy atom. The molecule has 0 bridgehead atoms. The number of hydrogen-bond donors (Lipinski definition) is 7. The van der Waals surface area contributed by atoms with E-state index in [0.717, 1.165) is 4.90 Å². The average Bonchev–Trinajstić information content (AvgIpc) is 2.93. The molecule has 1 saturated heterocycles. The Hall–Kier alpha value is -5.31. The second-order valence-corrected chi connectivity index (χ2v) is 9.56. The zero-order valence-electron chi connectivity index (χ0n) is 22.9. The van der Waals surface area contributed by atoms with Crippen molar-refractivity contribution in [2.24, 2.45) is 22.2 Å². The first-order valence-corrected chi connectivity index (χ1v) is 12.9. The van der Waals surface area contributed by atoms with Crippen LogP contribution in [0.1, 0.15) is 46.0 Å². The van der Waals surface area contributed by atoms with E-state index in [9.17, 15) is 29.1 Å². The van der Waals surface area contributed by atoms with Crippen LogP contribution in [0.25, 0.3) is 0 Å². The van der Waals surface area contributed by atoms with Gasteiger partial charge in [-0.3, -0.25) is 34.8 Å². The molecule has 10 N–H and O–H groups in total. The number of aliphatic imine (C=N–C) groups is 1. The van der Waals surface area contributed by atoms with Crippen LogP contribution in [0.2, 0.25) is 0 Å². The third kappa shape index (κ3) is 7.25. The lowest BCUT2D eigenvalue weighted by molar-refractivity contribution is -0.165. The van der Waals surface area contributed by atoms with Crippen molar-refractivity contribution >= 4 is 47.0 Å². The SMILES string of the molecule is CC(=O)[C@@]1(CCCNC(=O)c2ccc(N=C(N)N)cc2)C(=O)N(CC(=O)O)CCN1NC(=O)c1ccc(C(=N)N)cc1. The number of rotatable bonds is 12. The smallest absolute Gasteiger partial charge is 0.323 e. The van der Waals surface area contributed by atoms with E-state index in [1.165, 1.54) is 48.3 Å². The van der Waals surface area contributed by atoms with Gasteiger partial charge < -0.3 is 32.5 Å². The lowest BCUT2D eigenvalue weighted by atomic mass is 9.84. The number of carbonyl (C=O) groups excluding carboxylic acids is 4. The van der Waals surface area contributed by atoms with E-state index >= 15 is 0 Å². The molecule has 1 heterocycles. The molecule has 1 aliphatic rings. The first kappa shape index (κ1) is 31.2. The Morgan fingerprint density at radius 2 is 1.52 bits per heavy atom.